The Morgan fingerprint density at radius 2 is 2.00 bits per heavy atom. The van der Waals surface area contributed by atoms with Crippen molar-refractivity contribution in [2.75, 3.05) is 31.6 Å². The van der Waals surface area contributed by atoms with Crippen LogP contribution in [0.15, 0.2) is 34.7 Å². The van der Waals surface area contributed by atoms with Crippen LogP contribution in [0.3, 0.4) is 0 Å². The van der Waals surface area contributed by atoms with Gasteiger partial charge in [-0.15, -0.1) is 0 Å². The molecule has 1 aromatic carbocycles. The molecule has 1 N–H and O–H groups in total. The average Bonchev–Trinajstić information content (AvgIpc) is 3.08. The smallest absolute Gasteiger partial charge is 0.407 e. The summed E-state index contributed by atoms with van der Waals surface area (Å²) in [6.07, 6.45) is -1.16. The van der Waals surface area contributed by atoms with Crippen LogP contribution in [0.2, 0.25) is 0 Å². The molecular weight excluding hydrogens is 386 g/mol. The molecule has 0 saturated carbocycles. The van der Waals surface area contributed by atoms with Crippen molar-refractivity contribution >= 4 is 23.6 Å². The van der Waals surface area contributed by atoms with Gasteiger partial charge in [-0.1, -0.05) is 18.2 Å². The first-order chi connectivity index (χ1) is 14.3. The van der Waals surface area contributed by atoms with E-state index in [1.165, 1.54) is 0 Å². The van der Waals surface area contributed by atoms with Gasteiger partial charge in [0.2, 0.25) is 5.91 Å². The van der Waals surface area contributed by atoms with Crippen molar-refractivity contribution in [3.05, 3.63) is 53.0 Å². The van der Waals surface area contributed by atoms with Crippen LogP contribution in [0.5, 0.6) is 0 Å². The molecule has 3 amide bonds. The molecule has 0 spiro atoms. The summed E-state index contributed by atoms with van der Waals surface area (Å²) in [6.45, 7) is 6.05. The van der Waals surface area contributed by atoms with Gasteiger partial charge in [0.05, 0.1) is 17.8 Å². The summed E-state index contributed by atoms with van der Waals surface area (Å²) >= 11 is 0. The number of para-hydroxylation sites is 1. The predicted molar refractivity (Wildman–Crippen MR) is 111 cm³/mol. The third-order valence-corrected chi connectivity index (χ3v) is 5.13. The Morgan fingerprint density at radius 3 is 2.67 bits per heavy atom. The number of anilines is 1. The fourth-order valence-electron chi connectivity index (χ4n) is 3.60. The first kappa shape index (κ1) is 21.4. The van der Waals surface area contributed by atoms with Crippen LogP contribution in [0.1, 0.15) is 46.9 Å². The zero-order valence-corrected chi connectivity index (χ0v) is 17.7. The lowest BCUT2D eigenvalue weighted by Crippen LogP contribution is -2.38. The third-order valence-electron chi connectivity index (χ3n) is 5.13. The van der Waals surface area contributed by atoms with Crippen molar-refractivity contribution in [2.24, 2.45) is 0 Å². The van der Waals surface area contributed by atoms with E-state index >= 15 is 0 Å². The number of carbonyl (C=O) groups excluding carboxylic acids is 3. The zero-order valence-electron chi connectivity index (χ0n) is 17.7. The van der Waals surface area contributed by atoms with Gasteiger partial charge in [-0.25, -0.2) is 4.79 Å². The lowest BCUT2D eigenvalue weighted by Gasteiger charge is -2.27. The number of rotatable bonds is 3. The summed E-state index contributed by atoms with van der Waals surface area (Å²) in [4.78, 5) is 41.3. The highest BCUT2D eigenvalue weighted by Crippen LogP contribution is 2.31. The predicted octanol–water partition coefficient (Wildman–Crippen LogP) is 3.19. The van der Waals surface area contributed by atoms with Gasteiger partial charge in [0.1, 0.15) is 17.6 Å². The Kier molecular flexibility index (Phi) is 6.44. The molecule has 2 aromatic rings. The third kappa shape index (κ3) is 4.48. The Morgan fingerprint density at radius 1 is 1.27 bits per heavy atom. The van der Waals surface area contributed by atoms with Gasteiger partial charge in [0, 0.05) is 32.1 Å². The zero-order chi connectivity index (χ0) is 21.8. The maximum Gasteiger partial charge on any atom is 0.407 e. The number of hydrogen-bond acceptors (Lipinski definition) is 5. The fourth-order valence-corrected chi connectivity index (χ4v) is 3.60. The van der Waals surface area contributed by atoms with Crippen molar-refractivity contribution < 1.29 is 23.5 Å². The number of aryl methyl sites for hydroxylation is 2. The van der Waals surface area contributed by atoms with E-state index in [0.717, 1.165) is 0 Å². The number of carbonyl (C=O) groups is 3. The summed E-state index contributed by atoms with van der Waals surface area (Å²) < 4.78 is 11.2. The normalized spacial score (nSPS) is 16.9. The van der Waals surface area contributed by atoms with Crippen LogP contribution < -0.4 is 10.2 Å². The number of amides is 3. The van der Waals surface area contributed by atoms with E-state index in [-0.39, 0.29) is 31.3 Å². The molecule has 8 nitrogen and oxygen atoms in total. The topological polar surface area (TPSA) is 92.1 Å². The van der Waals surface area contributed by atoms with E-state index in [9.17, 15) is 14.4 Å². The lowest BCUT2D eigenvalue weighted by atomic mass is 10.1. The summed E-state index contributed by atoms with van der Waals surface area (Å²) in [6, 6.07) is 8.95. The number of alkyl carbamates (subject to hydrolysis) is 1. The van der Waals surface area contributed by atoms with Crippen molar-refractivity contribution in [3.8, 4) is 0 Å². The van der Waals surface area contributed by atoms with Crippen molar-refractivity contribution in [2.45, 2.75) is 33.3 Å². The number of ether oxygens (including phenoxy) is 1. The highest BCUT2D eigenvalue weighted by Gasteiger charge is 2.31. The minimum atomic E-state index is -0.738. The molecule has 1 unspecified atom stereocenters. The molecule has 1 atom stereocenters. The molecular formula is C22H27N3O5. The number of hydrogen-bond donors (Lipinski definition) is 1. The average molecular weight is 413 g/mol. The molecule has 3 rings (SSSR count). The summed E-state index contributed by atoms with van der Waals surface area (Å²) in [5, 5.41) is 2.62. The maximum atomic E-state index is 13.3. The number of nitrogens with one attached hydrogen (secondary N) is 1. The van der Waals surface area contributed by atoms with Gasteiger partial charge < -0.3 is 24.3 Å². The quantitative estimate of drug-likeness (QED) is 0.834. The number of benzene rings is 1. The highest BCUT2D eigenvalue weighted by atomic mass is 16.6. The molecule has 1 aliphatic heterocycles. The molecule has 2 heterocycles. The minimum Gasteiger partial charge on any atom is -0.466 e. The largest absolute Gasteiger partial charge is 0.466 e. The fraction of sp³-hybridized carbons (Fsp3) is 0.409. The van der Waals surface area contributed by atoms with Crippen molar-refractivity contribution in [3.63, 3.8) is 0 Å². The second-order valence-electron chi connectivity index (χ2n) is 7.26. The number of fused-ring (bicyclic) bond motifs is 1. The summed E-state index contributed by atoms with van der Waals surface area (Å²) in [5.74, 6) is 0.765. The second kappa shape index (κ2) is 9.02. The molecule has 8 heteroatoms. The molecule has 30 heavy (non-hydrogen) atoms. The Hall–Kier alpha value is -3.29. The van der Waals surface area contributed by atoms with Crippen molar-refractivity contribution in [1.82, 2.24) is 10.2 Å². The van der Waals surface area contributed by atoms with Gasteiger partial charge in [-0.3, -0.25) is 9.59 Å². The summed E-state index contributed by atoms with van der Waals surface area (Å²) in [5.41, 5.74) is 1.76. The van der Waals surface area contributed by atoms with Crippen molar-refractivity contribution in [1.29, 1.82) is 0 Å². The first-order valence-corrected chi connectivity index (χ1v) is 9.98. The van der Waals surface area contributed by atoms with Crippen LogP contribution in [-0.4, -0.2) is 49.5 Å². The van der Waals surface area contributed by atoms with Crippen LogP contribution in [0.25, 0.3) is 0 Å². The SMILES string of the molecule is CCNC(=O)OC1CN(C(=O)c2cc(C)oc2C)CCC(=O)N(C)c2ccccc21. The molecule has 0 fully saturated rings. The Balaban J connectivity index is 2.01. The Labute approximate surface area is 175 Å². The Bertz CT molecular complexity index is 952. The molecule has 0 radical (unpaired) electrons. The van der Waals surface area contributed by atoms with E-state index in [1.54, 1.807) is 43.7 Å². The summed E-state index contributed by atoms with van der Waals surface area (Å²) in [7, 11) is 1.69. The molecule has 0 aliphatic carbocycles. The molecule has 0 saturated heterocycles. The van der Waals surface area contributed by atoms with Gasteiger partial charge in [0.25, 0.3) is 5.91 Å². The number of nitrogens with zero attached hydrogens (tertiary/aromatic N) is 2. The molecule has 160 valence electrons. The molecule has 1 aliphatic rings. The first-order valence-electron chi connectivity index (χ1n) is 9.98. The van der Waals surface area contributed by atoms with E-state index in [2.05, 4.69) is 5.32 Å². The van der Waals surface area contributed by atoms with Gasteiger partial charge in [0.15, 0.2) is 0 Å². The van der Waals surface area contributed by atoms with Crippen LogP contribution in [-0.2, 0) is 9.53 Å². The van der Waals surface area contributed by atoms with Crippen LogP contribution in [0, 0.1) is 13.8 Å². The van der Waals surface area contributed by atoms with Gasteiger partial charge in [-0.05, 0) is 32.9 Å². The standard InChI is InChI=1S/C22H27N3O5/c1-5-23-22(28)30-19-13-25(21(27)17-12-14(2)29-15(17)3)11-10-20(26)24(4)18-9-7-6-8-16(18)19/h6-9,12,19H,5,10-11,13H2,1-4H3,(H,23,28). The van der Waals surface area contributed by atoms with E-state index in [1.807, 2.05) is 24.3 Å². The monoisotopic (exact) mass is 413 g/mol. The molecule has 0 bridgehead atoms. The van der Waals surface area contributed by atoms with E-state index < -0.39 is 12.2 Å². The van der Waals surface area contributed by atoms with Gasteiger partial charge >= 0.3 is 6.09 Å². The van der Waals surface area contributed by atoms with E-state index in [4.69, 9.17) is 9.15 Å². The van der Waals surface area contributed by atoms with E-state index in [0.29, 0.717) is 34.9 Å². The van der Waals surface area contributed by atoms with Crippen LogP contribution in [0.4, 0.5) is 10.5 Å². The molecule has 1 aromatic heterocycles. The second-order valence-corrected chi connectivity index (χ2v) is 7.26. The lowest BCUT2D eigenvalue weighted by molar-refractivity contribution is -0.118. The maximum absolute atomic E-state index is 13.3. The van der Waals surface area contributed by atoms with Crippen LogP contribution >= 0.6 is 0 Å². The van der Waals surface area contributed by atoms with Gasteiger partial charge in [-0.2, -0.15) is 0 Å². The minimum absolute atomic E-state index is 0.123. The highest BCUT2D eigenvalue weighted by molar-refractivity contribution is 5.97. The number of furan rings is 1.